The Morgan fingerprint density at radius 2 is 2.04 bits per heavy atom. The normalized spacial score (nSPS) is 12.4. The molecule has 1 heterocycles. The Morgan fingerprint density at radius 1 is 1.38 bits per heavy atom. The number of benzene rings is 1. The van der Waals surface area contributed by atoms with Gasteiger partial charge in [-0.25, -0.2) is 4.68 Å². The van der Waals surface area contributed by atoms with E-state index in [0.29, 0.717) is 11.5 Å². The fourth-order valence-electron chi connectivity index (χ4n) is 1.96. The maximum Gasteiger partial charge on any atom is 0.416 e. The van der Waals surface area contributed by atoms with Gasteiger partial charge < -0.3 is 11.1 Å². The van der Waals surface area contributed by atoms with Gasteiger partial charge in [0.15, 0.2) is 0 Å². The van der Waals surface area contributed by atoms with Crippen molar-refractivity contribution in [1.29, 1.82) is 0 Å². The van der Waals surface area contributed by atoms with Gasteiger partial charge in [-0.15, -0.1) is 12.4 Å². The van der Waals surface area contributed by atoms with Crippen LogP contribution >= 0.6 is 12.4 Å². The Bertz CT molecular complexity index is 715. The molecule has 1 atom stereocenters. The van der Waals surface area contributed by atoms with E-state index in [4.69, 9.17) is 5.73 Å². The van der Waals surface area contributed by atoms with Crippen molar-refractivity contribution in [2.45, 2.75) is 20.0 Å². The van der Waals surface area contributed by atoms with Crippen LogP contribution in [-0.4, -0.2) is 22.2 Å². The van der Waals surface area contributed by atoms with Gasteiger partial charge in [-0.05, 0) is 25.1 Å². The summed E-state index contributed by atoms with van der Waals surface area (Å²) in [6, 6.07) is 6.33. The first-order valence-electron chi connectivity index (χ1n) is 6.97. The number of carbonyl (C=O) groups excluding carboxylic acids is 1. The van der Waals surface area contributed by atoms with Crippen LogP contribution in [0.4, 0.5) is 19.0 Å². The highest BCUT2D eigenvalue weighted by Crippen LogP contribution is 2.31. The molecule has 1 aromatic heterocycles. The zero-order valence-corrected chi connectivity index (χ0v) is 13.9. The predicted molar refractivity (Wildman–Crippen MR) is 87.4 cm³/mol. The van der Waals surface area contributed by atoms with Crippen molar-refractivity contribution < 1.29 is 18.0 Å². The first-order valence-corrected chi connectivity index (χ1v) is 6.97. The highest BCUT2D eigenvalue weighted by atomic mass is 35.5. The molecule has 0 spiro atoms. The quantitative estimate of drug-likeness (QED) is 0.877. The molecule has 0 saturated carbocycles. The molecule has 0 aliphatic carbocycles. The summed E-state index contributed by atoms with van der Waals surface area (Å²) in [5.74, 6) is -0.437. The third kappa shape index (κ3) is 4.48. The second kappa shape index (κ2) is 7.67. The van der Waals surface area contributed by atoms with Crippen molar-refractivity contribution >= 4 is 24.1 Å². The van der Waals surface area contributed by atoms with Crippen molar-refractivity contribution in [2.24, 2.45) is 11.7 Å². The number of nitrogens with zero attached hydrogens (tertiary/aromatic N) is 2. The number of amides is 1. The van der Waals surface area contributed by atoms with Crippen molar-refractivity contribution in [3.63, 3.8) is 0 Å². The average molecular weight is 363 g/mol. The number of aromatic nitrogens is 2. The smallest absolute Gasteiger partial charge is 0.330 e. The van der Waals surface area contributed by atoms with E-state index < -0.39 is 17.7 Å². The lowest BCUT2D eigenvalue weighted by Gasteiger charge is -2.13. The summed E-state index contributed by atoms with van der Waals surface area (Å²) in [4.78, 5) is 12.0. The zero-order chi connectivity index (χ0) is 17.2. The number of rotatable bonds is 4. The second-order valence-electron chi connectivity index (χ2n) is 5.26. The van der Waals surface area contributed by atoms with Crippen LogP contribution in [0.25, 0.3) is 5.69 Å². The molecule has 1 aromatic carbocycles. The van der Waals surface area contributed by atoms with Gasteiger partial charge in [-0.1, -0.05) is 13.0 Å². The minimum absolute atomic E-state index is 0. The zero-order valence-electron chi connectivity index (χ0n) is 13.1. The predicted octanol–water partition coefficient (Wildman–Crippen LogP) is 3.15. The number of nitrogens with one attached hydrogen (secondary N) is 1. The number of halogens is 4. The van der Waals surface area contributed by atoms with Gasteiger partial charge >= 0.3 is 6.18 Å². The monoisotopic (exact) mass is 362 g/mol. The molecule has 5 nitrogen and oxygen atoms in total. The second-order valence-corrected chi connectivity index (χ2v) is 5.26. The van der Waals surface area contributed by atoms with Gasteiger partial charge in [0.2, 0.25) is 5.91 Å². The molecule has 2 rings (SSSR count). The van der Waals surface area contributed by atoms with E-state index in [1.54, 1.807) is 19.9 Å². The number of hydrogen-bond acceptors (Lipinski definition) is 3. The Balaban J connectivity index is 0.00000288. The third-order valence-electron chi connectivity index (χ3n) is 3.30. The Hall–Kier alpha value is -2.06. The van der Waals surface area contributed by atoms with Crippen molar-refractivity contribution in [3.8, 4) is 5.69 Å². The molecule has 0 fully saturated rings. The van der Waals surface area contributed by atoms with Crippen molar-refractivity contribution in [1.82, 2.24) is 9.78 Å². The number of alkyl halides is 3. The summed E-state index contributed by atoms with van der Waals surface area (Å²) in [6.45, 7) is 3.52. The molecule has 0 saturated heterocycles. The van der Waals surface area contributed by atoms with Crippen molar-refractivity contribution in [3.05, 3.63) is 41.6 Å². The van der Waals surface area contributed by atoms with Gasteiger partial charge in [0, 0.05) is 18.5 Å². The Morgan fingerprint density at radius 3 is 2.62 bits per heavy atom. The highest BCUT2D eigenvalue weighted by Gasteiger charge is 2.30. The molecule has 1 unspecified atom stereocenters. The Kier molecular flexibility index (Phi) is 6.39. The number of hydrogen-bond donors (Lipinski definition) is 2. The molecule has 0 bridgehead atoms. The van der Waals surface area contributed by atoms with Crippen LogP contribution in [0.15, 0.2) is 30.3 Å². The van der Waals surface area contributed by atoms with Crippen molar-refractivity contribution in [2.75, 3.05) is 11.9 Å². The van der Waals surface area contributed by atoms with Gasteiger partial charge in [0.25, 0.3) is 0 Å². The third-order valence-corrected chi connectivity index (χ3v) is 3.30. The highest BCUT2D eigenvalue weighted by molar-refractivity contribution is 5.92. The van der Waals surface area contributed by atoms with Crippen LogP contribution in [0.3, 0.4) is 0 Å². The van der Waals surface area contributed by atoms with E-state index in [-0.39, 0.29) is 30.5 Å². The van der Waals surface area contributed by atoms with Crippen LogP contribution in [0.2, 0.25) is 0 Å². The number of nitrogens with two attached hydrogens (primary N) is 1. The SMILES string of the molecule is Cc1cc(NC(=O)C(C)CN)n(-c2cccc(C(F)(F)F)c2)n1.Cl. The van der Waals surface area contributed by atoms with Crippen LogP contribution in [-0.2, 0) is 11.0 Å². The van der Waals surface area contributed by atoms with E-state index in [2.05, 4.69) is 10.4 Å². The molecule has 3 N–H and O–H groups in total. The van der Waals surface area contributed by atoms with E-state index in [9.17, 15) is 18.0 Å². The average Bonchev–Trinajstić information content (AvgIpc) is 2.86. The standard InChI is InChI=1S/C15H17F3N4O.ClH/c1-9(8-19)14(23)20-13-6-10(2)21-22(13)12-5-3-4-11(7-12)15(16,17)18;/h3-7,9H,8,19H2,1-2H3,(H,20,23);1H. The summed E-state index contributed by atoms with van der Waals surface area (Å²) >= 11 is 0. The summed E-state index contributed by atoms with van der Waals surface area (Å²) in [5.41, 5.74) is 5.44. The molecular weight excluding hydrogens is 345 g/mol. The molecule has 0 radical (unpaired) electrons. The van der Waals surface area contributed by atoms with Crippen LogP contribution in [0.5, 0.6) is 0 Å². The largest absolute Gasteiger partial charge is 0.416 e. The first-order chi connectivity index (χ1) is 10.7. The van der Waals surface area contributed by atoms with Gasteiger partial charge in [0.05, 0.1) is 16.9 Å². The van der Waals surface area contributed by atoms with E-state index >= 15 is 0 Å². The lowest BCUT2D eigenvalue weighted by Crippen LogP contribution is -2.27. The maximum absolute atomic E-state index is 12.8. The summed E-state index contributed by atoms with van der Waals surface area (Å²) in [6.07, 6.45) is -4.45. The maximum atomic E-state index is 12.8. The van der Waals surface area contributed by atoms with Crippen LogP contribution < -0.4 is 11.1 Å². The van der Waals surface area contributed by atoms with Crippen LogP contribution in [0, 0.1) is 12.8 Å². The molecule has 24 heavy (non-hydrogen) atoms. The fourth-order valence-corrected chi connectivity index (χ4v) is 1.96. The van der Waals surface area contributed by atoms with E-state index in [1.807, 2.05) is 0 Å². The number of anilines is 1. The molecule has 1 amide bonds. The summed E-state index contributed by atoms with van der Waals surface area (Å²) in [7, 11) is 0. The molecule has 0 aliphatic heterocycles. The van der Waals surface area contributed by atoms with Gasteiger partial charge in [-0.2, -0.15) is 18.3 Å². The summed E-state index contributed by atoms with van der Waals surface area (Å²) < 4.78 is 39.8. The lowest BCUT2D eigenvalue weighted by molar-refractivity contribution is -0.137. The molecule has 2 aromatic rings. The minimum Gasteiger partial charge on any atom is -0.330 e. The topological polar surface area (TPSA) is 72.9 Å². The number of aryl methyl sites for hydroxylation is 1. The van der Waals surface area contributed by atoms with Gasteiger partial charge in [0.1, 0.15) is 5.82 Å². The van der Waals surface area contributed by atoms with E-state index in [1.165, 1.54) is 16.8 Å². The first kappa shape index (κ1) is 20.0. The Labute approximate surface area is 143 Å². The molecular formula is C15H18ClF3N4O. The van der Waals surface area contributed by atoms with Gasteiger partial charge in [-0.3, -0.25) is 4.79 Å². The summed E-state index contributed by atoms with van der Waals surface area (Å²) in [5, 5.41) is 6.78. The van der Waals surface area contributed by atoms with E-state index in [0.717, 1.165) is 12.1 Å². The lowest BCUT2D eigenvalue weighted by atomic mass is 10.1. The fraction of sp³-hybridized carbons (Fsp3) is 0.333. The number of carbonyl (C=O) groups is 1. The molecule has 0 aliphatic rings. The molecule has 132 valence electrons. The van der Waals surface area contributed by atoms with Crippen LogP contribution in [0.1, 0.15) is 18.2 Å². The molecule has 9 heteroatoms. The minimum atomic E-state index is -4.45.